The molecule has 2 aromatic carbocycles. The van der Waals surface area contributed by atoms with E-state index in [1.165, 1.54) is 6.08 Å². The van der Waals surface area contributed by atoms with Crippen molar-refractivity contribution in [3.63, 3.8) is 0 Å². The second kappa shape index (κ2) is 9.92. The Bertz CT molecular complexity index is 939. The molecule has 142 valence electrons. The van der Waals surface area contributed by atoms with Gasteiger partial charge < -0.3 is 14.8 Å². The first-order valence-corrected chi connectivity index (χ1v) is 8.94. The summed E-state index contributed by atoms with van der Waals surface area (Å²) in [5.41, 5.74) is 2.73. The number of amides is 1. The molecule has 0 spiro atoms. The molecule has 5 nitrogen and oxygen atoms in total. The Balaban J connectivity index is 1.51. The van der Waals surface area contributed by atoms with Gasteiger partial charge in [-0.05, 0) is 53.6 Å². The highest BCUT2D eigenvalue weighted by Crippen LogP contribution is 2.15. The average molecular weight is 374 g/mol. The lowest BCUT2D eigenvalue weighted by molar-refractivity contribution is -0.116. The summed E-state index contributed by atoms with van der Waals surface area (Å²) in [4.78, 5) is 16.3. The van der Waals surface area contributed by atoms with Crippen LogP contribution in [-0.2, 0) is 17.9 Å². The zero-order valence-electron chi connectivity index (χ0n) is 15.7. The standard InChI is InChI=1S/C23H22N2O3/c1-27-21-9-4-6-18(14-21)11-12-23(26)25-16-19-7-5-10-22(15-19)28-17-20-8-2-3-13-24-20/h2-15H,16-17H2,1H3,(H,25,26)/b12-11+. The summed E-state index contributed by atoms with van der Waals surface area (Å²) in [5, 5.41) is 2.87. The molecule has 0 atom stereocenters. The molecular formula is C23H22N2O3. The summed E-state index contributed by atoms with van der Waals surface area (Å²) >= 11 is 0. The van der Waals surface area contributed by atoms with Crippen molar-refractivity contribution in [2.75, 3.05) is 7.11 Å². The van der Waals surface area contributed by atoms with Gasteiger partial charge in [-0.3, -0.25) is 9.78 Å². The average Bonchev–Trinajstić information content (AvgIpc) is 2.76. The Labute approximate surface area is 164 Å². The number of hydrogen-bond donors (Lipinski definition) is 1. The Kier molecular flexibility index (Phi) is 6.79. The summed E-state index contributed by atoms with van der Waals surface area (Å²) in [6, 6.07) is 20.9. The molecule has 0 aliphatic carbocycles. The highest BCUT2D eigenvalue weighted by Gasteiger charge is 2.01. The number of rotatable bonds is 8. The van der Waals surface area contributed by atoms with E-state index in [0.717, 1.165) is 28.3 Å². The molecule has 3 aromatic rings. The van der Waals surface area contributed by atoms with E-state index in [4.69, 9.17) is 9.47 Å². The monoisotopic (exact) mass is 374 g/mol. The van der Waals surface area contributed by atoms with Crippen LogP contribution in [0.1, 0.15) is 16.8 Å². The first kappa shape index (κ1) is 19.2. The lowest BCUT2D eigenvalue weighted by Crippen LogP contribution is -2.20. The SMILES string of the molecule is COc1cccc(/C=C/C(=O)NCc2cccc(OCc3ccccn3)c2)c1. The zero-order valence-corrected chi connectivity index (χ0v) is 15.7. The largest absolute Gasteiger partial charge is 0.497 e. The highest BCUT2D eigenvalue weighted by molar-refractivity contribution is 5.91. The number of pyridine rings is 1. The summed E-state index contributed by atoms with van der Waals surface area (Å²) in [6.07, 6.45) is 5.00. The number of nitrogens with one attached hydrogen (secondary N) is 1. The first-order chi connectivity index (χ1) is 13.7. The Hall–Kier alpha value is -3.60. The van der Waals surface area contributed by atoms with Crippen LogP contribution in [0.5, 0.6) is 11.5 Å². The maximum atomic E-state index is 12.1. The summed E-state index contributed by atoms with van der Waals surface area (Å²) in [5.74, 6) is 1.33. The van der Waals surface area contributed by atoms with Crippen LogP contribution in [0.4, 0.5) is 0 Å². The molecule has 1 aromatic heterocycles. The van der Waals surface area contributed by atoms with Crippen molar-refractivity contribution in [1.82, 2.24) is 10.3 Å². The molecule has 0 fully saturated rings. The minimum atomic E-state index is -0.164. The van der Waals surface area contributed by atoms with Gasteiger partial charge in [-0.15, -0.1) is 0 Å². The lowest BCUT2D eigenvalue weighted by Gasteiger charge is -2.08. The van der Waals surface area contributed by atoms with Gasteiger partial charge in [0, 0.05) is 18.8 Å². The molecule has 0 aliphatic rings. The van der Waals surface area contributed by atoms with E-state index in [0.29, 0.717) is 13.2 Å². The van der Waals surface area contributed by atoms with Gasteiger partial charge in [0.05, 0.1) is 12.8 Å². The molecule has 0 unspecified atom stereocenters. The second-order valence-electron chi connectivity index (χ2n) is 6.08. The number of carbonyl (C=O) groups excluding carboxylic acids is 1. The molecule has 0 radical (unpaired) electrons. The van der Waals surface area contributed by atoms with E-state index in [1.54, 1.807) is 19.4 Å². The van der Waals surface area contributed by atoms with E-state index >= 15 is 0 Å². The predicted molar refractivity (Wildman–Crippen MR) is 109 cm³/mol. The van der Waals surface area contributed by atoms with Crippen molar-refractivity contribution >= 4 is 12.0 Å². The van der Waals surface area contributed by atoms with Crippen LogP contribution in [0, 0.1) is 0 Å². The van der Waals surface area contributed by atoms with Gasteiger partial charge >= 0.3 is 0 Å². The Morgan fingerprint density at radius 3 is 2.71 bits per heavy atom. The van der Waals surface area contributed by atoms with Crippen LogP contribution in [0.3, 0.4) is 0 Å². The van der Waals surface area contributed by atoms with Gasteiger partial charge in [-0.25, -0.2) is 0 Å². The van der Waals surface area contributed by atoms with Crippen molar-refractivity contribution < 1.29 is 14.3 Å². The fraction of sp³-hybridized carbons (Fsp3) is 0.130. The molecular weight excluding hydrogens is 352 g/mol. The summed E-state index contributed by atoms with van der Waals surface area (Å²) in [7, 11) is 1.61. The Morgan fingerprint density at radius 2 is 1.89 bits per heavy atom. The van der Waals surface area contributed by atoms with Crippen LogP contribution in [0.15, 0.2) is 79.0 Å². The van der Waals surface area contributed by atoms with E-state index in [9.17, 15) is 4.79 Å². The van der Waals surface area contributed by atoms with Gasteiger partial charge in [0.2, 0.25) is 5.91 Å². The van der Waals surface area contributed by atoms with Crippen molar-refractivity contribution in [2.45, 2.75) is 13.2 Å². The smallest absolute Gasteiger partial charge is 0.244 e. The molecule has 0 bridgehead atoms. The Morgan fingerprint density at radius 1 is 1.04 bits per heavy atom. The number of methoxy groups -OCH3 is 1. The third kappa shape index (κ3) is 5.99. The number of carbonyl (C=O) groups is 1. The van der Waals surface area contributed by atoms with Gasteiger partial charge in [0.15, 0.2) is 0 Å². The number of ether oxygens (including phenoxy) is 2. The molecule has 1 amide bonds. The molecule has 28 heavy (non-hydrogen) atoms. The lowest BCUT2D eigenvalue weighted by atomic mass is 10.2. The van der Waals surface area contributed by atoms with Crippen molar-refractivity contribution in [3.05, 3.63) is 95.8 Å². The number of nitrogens with zero attached hydrogens (tertiary/aromatic N) is 1. The fourth-order valence-corrected chi connectivity index (χ4v) is 2.55. The van der Waals surface area contributed by atoms with Gasteiger partial charge in [-0.1, -0.05) is 30.3 Å². The van der Waals surface area contributed by atoms with Crippen LogP contribution in [0.2, 0.25) is 0 Å². The summed E-state index contributed by atoms with van der Waals surface area (Å²) < 4.78 is 10.9. The zero-order chi connectivity index (χ0) is 19.6. The van der Waals surface area contributed by atoms with Gasteiger partial charge in [-0.2, -0.15) is 0 Å². The van der Waals surface area contributed by atoms with Crippen LogP contribution >= 0.6 is 0 Å². The molecule has 5 heteroatoms. The van der Waals surface area contributed by atoms with Crippen LogP contribution in [-0.4, -0.2) is 18.0 Å². The quantitative estimate of drug-likeness (QED) is 0.606. The van der Waals surface area contributed by atoms with Crippen LogP contribution in [0.25, 0.3) is 6.08 Å². The normalized spacial score (nSPS) is 10.6. The topological polar surface area (TPSA) is 60.5 Å². The number of benzene rings is 2. The molecule has 0 saturated heterocycles. The van der Waals surface area contributed by atoms with E-state index in [2.05, 4.69) is 10.3 Å². The van der Waals surface area contributed by atoms with E-state index in [1.807, 2.05) is 66.7 Å². The number of hydrogen-bond acceptors (Lipinski definition) is 4. The molecule has 1 N–H and O–H groups in total. The van der Waals surface area contributed by atoms with Crippen LogP contribution < -0.4 is 14.8 Å². The van der Waals surface area contributed by atoms with Gasteiger partial charge in [0.25, 0.3) is 0 Å². The molecule has 0 saturated carbocycles. The summed E-state index contributed by atoms with van der Waals surface area (Å²) in [6.45, 7) is 0.821. The van der Waals surface area contributed by atoms with Gasteiger partial charge in [0.1, 0.15) is 18.1 Å². The third-order valence-electron chi connectivity index (χ3n) is 4.00. The fourth-order valence-electron chi connectivity index (χ4n) is 2.55. The highest BCUT2D eigenvalue weighted by atomic mass is 16.5. The number of aromatic nitrogens is 1. The maximum Gasteiger partial charge on any atom is 0.244 e. The third-order valence-corrected chi connectivity index (χ3v) is 4.00. The van der Waals surface area contributed by atoms with Crippen molar-refractivity contribution in [2.24, 2.45) is 0 Å². The van der Waals surface area contributed by atoms with Crippen molar-refractivity contribution in [3.8, 4) is 11.5 Å². The maximum absolute atomic E-state index is 12.1. The molecule has 0 aliphatic heterocycles. The molecule has 3 rings (SSSR count). The minimum absolute atomic E-state index is 0.164. The van der Waals surface area contributed by atoms with E-state index in [-0.39, 0.29) is 5.91 Å². The van der Waals surface area contributed by atoms with Crippen molar-refractivity contribution in [1.29, 1.82) is 0 Å². The predicted octanol–water partition coefficient (Wildman–Crippen LogP) is 4.00. The molecule has 1 heterocycles. The minimum Gasteiger partial charge on any atom is -0.497 e. The second-order valence-corrected chi connectivity index (χ2v) is 6.08. The van der Waals surface area contributed by atoms with E-state index < -0.39 is 0 Å². The first-order valence-electron chi connectivity index (χ1n) is 8.94.